The van der Waals surface area contributed by atoms with Gasteiger partial charge in [-0.25, -0.2) is 0 Å². The minimum atomic E-state index is -0.273. The highest BCUT2D eigenvalue weighted by Crippen LogP contribution is 2.25. The van der Waals surface area contributed by atoms with Crippen LogP contribution in [0.3, 0.4) is 0 Å². The summed E-state index contributed by atoms with van der Waals surface area (Å²) in [7, 11) is 0. The SMILES string of the molecule is Cc1cccc(NC(=O)CCNC(=O)C(Br)C(C)(C)C)c1. The van der Waals surface area contributed by atoms with E-state index in [-0.39, 0.29) is 28.5 Å². The van der Waals surface area contributed by atoms with Crippen LogP contribution in [-0.4, -0.2) is 23.2 Å². The second-order valence-corrected chi connectivity index (χ2v) is 7.10. The minimum absolute atomic E-state index is 0.0918. The summed E-state index contributed by atoms with van der Waals surface area (Å²) in [4.78, 5) is 23.4. The fourth-order valence-corrected chi connectivity index (χ4v) is 1.89. The molecule has 1 rings (SSSR count). The lowest BCUT2D eigenvalue weighted by Crippen LogP contribution is -2.39. The average Bonchev–Trinajstić information content (AvgIpc) is 2.36. The maximum absolute atomic E-state index is 11.9. The third kappa shape index (κ3) is 6.29. The number of carbonyl (C=O) groups excluding carboxylic acids is 2. The lowest BCUT2D eigenvalue weighted by Gasteiger charge is -2.24. The Morgan fingerprint density at radius 3 is 2.52 bits per heavy atom. The number of hydrogen-bond acceptors (Lipinski definition) is 2. The van der Waals surface area contributed by atoms with E-state index in [0.29, 0.717) is 6.54 Å². The molecule has 116 valence electrons. The Morgan fingerprint density at radius 1 is 1.29 bits per heavy atom. The van der Waals surface area contributed by atoms with Crippen LogP contribution in [0.4, 0.5) is 5.69 Å². The van der Waals surface area contributed by atoms with Gasteiger partial charge in [-0.1, -0.05) is 48.8 Å². The standard InChI is InChI=1S/C16H23BrN2O2/c1-11-6-5-7-12(10-11)19-13(20)8-9-18-15(21)14(17)16(2,3)4/h5-7,10,14H,8-9H2,1-4H3,(H,18,21)(H,19,20). The van der Waals surface area contributed by atoms with E-state index in [0.717, 1.165) is 11.3 Å². The summed E-state index contributed by atoms with van der Waals surface area (Å²) in [6.45, 7) is 8.25. The van der Waals surface area contributed by atoms with Crippen LogP contribution in [-0.2, 0) is 9.59 Å². The van der Waals surface area contributed by atoms with Crippen LogP contribution in [0, 0.1) is 12.3 Å². The van der Waals surface area contributed by atoms with E-state index in [1.807, 2.05) is 52.0 Å². The number of carbonyl (C=O) groups is 2. The molecule has 0 aliphatic heterocycles. The molecule has 0 aliphatic rings. The first kappa shape index (κ1) is 17.7. The summed E-state index contributed by atoms with van der Waals surface area (Å²) in [5, 5.41) is 5.58. The third-order valence-electron chi connectivity index (χ3n) is 2.94. The van der Waals surface area contributed by atoms with Crippen molar-refractivity contribution in [2.24, 2.45) is 5.41 Å². The van der Waals surface area contributed by atoms with Gasteiger partial charge in [0.15, 0.2) is 0 Å². The van der Waals surface area contributed by atoms with Crippen LogP contribution in [0.1, 0.15) is 32.8 Å². The number of halogens is 1. The first-order valence-corrected chi connectivity index (χ1v) is 7.90. The number of hydrogen-bond donors (Lipinski definition) is 2. The monoisotopic (exact) mass is 354 g/mol. The molecular formula is C16H23BrN2O2. The van der Waals surface area contributed by atoms with Crippen molar-refractivity contribution in [1.29, 1.82) is 0 Å². The van der Waals surface area contributed by atoms with Gasteiger partial charge in [0.05, 0.1) is 4.83 Å². The molecule has 0 aromatic heterocycles. The highest BCUT2D eigenvalue weighted by Gasteiger charge is 2.28. The zero-order chi connectivity index (χ0) is 16.0. The van der Waals surface area contributed by atoms with Gasteiger partial charge < -0.3 is 10.6 Å². The summed E-state index contributed by atoms with van der Waals surface area (Å²) < 4.78 is 0. The van der Waals surface area contributed by atoms with Gasteiger partial charge in [-0.2, -0.15) is 0 Å². The molecule has 0 saturated heterocycles. The Balaban J connectivity index is 2.36. The van der Waals surface area contributed by atoms with E-state index in [2.05, 4.69) is 26.6 Å². The Hall–Kier alpha value is -1.36. The van der Waals surface area contributed by atoms with Crippen molar-refractivity contribution in [3.8, 4) is 0 Å². The van der Waals surface area contributed by atoms with Crippen LogP contribution in [0.2, 0.25) is 0 Å². The lowest BCUT2D eigenvalue weighted by atomic mass is 9.92. The Kier molecular flexibility index (Phi) is 6.40. The fraction of sp³-hybridized carbons (Fsp3) is 0.500. The quantitative estimate of drug-likeness (QED) is 0.797. The second-order valence-electron chi connectivity index (χ2n) is 6.19. The van der Waals surface area contributed by atoms with Crippen molar-refractivity contribution in [1.82, 2.24) is 5.32 Å². The molecule has 1 aromatic rings. The molecule has 0 heterocycles. The first-order valence-electron chi connectivity index (χ1n) is 6.98. The number of alkyl halides is 1. The minimum Gasteiger partial charge on any atom is -0.355 e. The molecule has 0 fully saturated rings. The lowest BCUT2D eigenvalue weighted by molar-refractivity contribution is -0.122. The van der Waals surface area contributed by atoms with Crippen molar-refractivity contribution < 1.29 is 9.59 Å². The van der Waals surface area contributed by atoms with E-state index in [9.17, 15) is 9.59 Å². The van der Waals surface area contributed by atoms with E-state index in [1.54, 1.807) is 0 Å². The summed E-state index contributed by atoms with van der Waals surface area (Å²) in [5.74, 6) is -0.200. The number of anilines is 1. The number of nitrogens with one attached hydrogen (secondary N) is 2. The molecule has 0 aliphatic carbocycles. The van der Waals surface area contributed by atoms with Gasteiger partial charge in [-0.3, -0.25) is 9.59 Å². The predicted molar refractivity (Wildman–Crippen MR) is 89.6 cm³/mol. The summed E-state index contributed by atoms with van der Waals surface area (Å²) >= 11 is 3.38. The molecular weight excluding hydrogens is 332 g/mol. The Bertz CT molecular complexity index is 509. The maximum Gasteiger partial charge on any atom is 0.234 e. The van der Waals surface area contributed by atoms with Gasteiger partial charge >= 0.3 is 0 Å². The number of rotatable bonds is 5. The topological polar surface area (TPSA) is 58.2 Å². The van der Waals surface area contributed by atoms with E-state index >= 15 is 0 Å². The molecule has 5 heteroatoms. The van der Waals surface area contributed by atoms with E-state index < -0.39 is 0 Å². The average molecular weight is 355 g/mol. The predicted octanol–water partition coefficient (Wildman–Crippen LogP) is 3.25. The smallest absolute Gasteiger partial charge is 0.234 e. The third-order valence-corrected chi connectivity index (χ3v) is 4.73. The molecule has 2 N–H and O–H groups in total. The zero-order valence-corrected chi connectivity index (χ0v) is 14.6. The van der Waals surface area contributed by atoms with Crippen LogP contribution >= 0.6 is 15.9 Å². The summed E-state index contributed by atoms with van der Waals surface area (Å²) in [5.41, 5.74) is 1.71. The van der Waals surface area contributed by atoms with Gasteiger partial charge in [0, 0.05) is 18.7 Å². The molecule has 21 heavy (non-hydrogen) atoms. The van der Waals surface area contributed by atoms with Crippen LogP contribution < -0.4 is 10.6 Å². The number of amides is 2. The van der Waals surface area contributed by atoms with Gasteiger partial charge in [-0.05, 0) is 30.0 Å². The Morgan fingerprint density at radius 2 is 1.95 bits per heavy atom. The van der Waals surface area contributed by atoms with Gasteiger partial charge in [-0.15, -0.1) is 0 Å². The van der Waals surface area contributed by atoms with Crippen molar-refractivity contribution in [3.05, 3.63) is 29.8 Å². The molecule has 0 spiro atoms. The highest BCUT2D eigenvalue weighted by atomic mass is 79.9. The fourth-order valence-electron chi connectivity index (χ4n) is 1.73. The van der Waals surface area contributed by atoms with Crippen LogP contribution in [0.25, 0.3) is 0 Å². The molecule has 0 bridgehead atoms. The molecule has 1 unspecified atom stereocenters. The second kappa shape index (κ2) is 7.59. The zero-order valence-electron chi connectivity index (χ0n) is 13.0. The van der Waals surface area contributed by atoms with Gasteiger partial charge in [0.1, 0.15) is 0 Å². The maximum atomic E-state index is 11.9. The molecule has 0 radical (unpaired) electrons. The van der Waals surface area contributed by atoms with Gasteiger partial charge in [0.25, 0.3) is 0 Å². The largest absolute Gasteiger partial charge is 0.355 e. The summed E-state index contributed by atoms with van der Waals surface area (Å²) in [6, 6.07) is 7.62. The van der Waals surface area contributed by atoms with E-state index in [1.165, 1.54) is 0 Å². The normalized spacial score (nSPS) is 12.6. The van der Waals surface area contributed by atoms with Crippen LogP contribution in [0.15, 0.2) is 24.3 Å². The summed E-state index contributed by atoms with van der Waals surface area (Å²) in [6.07, 6.45) is 0.254. The van der Waals surface area contributed by atoms with Gasteiger partial charge in [0.2, 0.25) is 11.8 Å². The number of benzene rings is 1. The first-order chi connectivity index (χ1) is 9.70. The molecule has 1 atom stereocenters. The van der Waals surface area contributed by atoms with Crippen molar-refractivity contribution in [3.63, 3.8) is 0 Å². The van der Waals surface area contributed by atoms with Crippen LogP contribution in [0.5, 0.6) is 0 Å². The van der Waals surface area contributed by atoms with E-state index in [4.69, 9.17) is 0 Å². The van der Waals surface area contributed by atoms with Crippen molar-refractivity contribution in [2.75, 3.05) is 11.9 Å². The molecule has 1 aromatic carbocycles. The van der Waals surface area contributed by atoms with Crippen molar-refractivity contribution in [2.45, 2.75) is 38.9 Å². The molecule has 4 nitrogen and oxygen atoms in total. The highest BCUT2D eigenvalue weighted by molar-refractivity contribution is 9.10. The van der Waals surface area contributed by atoms with Crippen molar-refractivity contribution >= 4 is 33.4 Å². The number of aryl methyl sites for hydroxylation is 1. The Labute approximate surface area is 134 Å². The molecule has 0 saturated carbocycles. The molecule has 2 amide bonds.